The third kappa shape index (κ3) is 7.33. The Morgan fingerprint density at radius 2 is 1.07 bits per heavy atom. The third-order valence-corrected chi connectivity index (χ3v) is 4.52. The molecule has 0 saturated heterocycles. The molecule has 0 amide bonds. The van der Waals surface area contributed by atoms with Gasteiger partial charge in [0.15, 0.2) is 0 Å². The highest BCUT2D eigenvalue weighted by molar-refractivity contribution is 5.81. The van der Waals surface area contributed by atoms with E-state index in [0.717, 1.165) is 11.1 Å². The molecule has 0 radical (unpaired) electrons. The maximum Gasteiger partial charge on any atom is 0.326 e. The Bertz CT molecular complexity index is 722. The van der Waals surface area contributed by atoms with Gasteiger partial charge in [0.2, 0.25) is 0 Å². The molecule has 156 valence electrons. The number of ether oxygens (including phenoxy) is 2. The summed E-state index contributed by atoms with van der Waals surface area (Å²) in [5, 5.41) is 0. The number of hydrogen-bond acceptors (Lipinski definition) is 6. The summed E-state index contributed by atoms with van der Waals surface area (Å²) in [5.41, 5.74) is 11.9. The first-order valence-electron chi connectivity index (χ1n) is 9.71. The van der Waals surface area contributed by atoms with Crippen molar-refractivity contribution in [3.05, 3.63) is 71.8 Å². The summed E-state index contributed by atoms with van der Waals surface area (Å²) in [5.74, 6) is -0.971. The molecule has 2 aromatic carbocycles. The molecule has 6 heteroatoms. The molecule has 2 aromatic rings. The molecule has 6 nitrogen and oxygen atoms in total. The molecule has 0 unspecified atom stereocenters. The fourth-order valence-corrected chi connectivity index (χ4v) is 2.90. The van der Waals surface area contributed by atoms with Crippen LogP contribution in [0, 0.1) is 0 Å². The predicted octanol–water partition coefficient (Wildman–Crippen LogP) is 2.38. The van der Waals surface area contributed by atoms with Crippen molar-refractivity contribution in [3.63, 3.8) is 0 Å². The van der Waals surface area contributed by atoms with Gasteiger partial charge in [-0.2, -0.15) is 0 Å². The second-order valence-corrected chi connectivity index (χ2v) is 7.79. The molecule has 0 fully saturated rings. The van der Waals surface area contributed by atoms with E-state index in [4.69, 9.17) is 20.9 Å². The van der Waals surface area contributed by atoms with Gasteiger partial charge in [-0.3, -0.25) is 9.59 Å². The van der Waals surface area contributed by atoms with Gasteiger partial charge in [-0.15, -0.1) is 0 Å². The highest BCUT2D eigenvalue weighted by Crippen LogP contribution is 2.14. The Morgan fingerprint density at radius 3 is 1.41 bits per heavy atom. The second-order valence-electron chi connectivity index (χ2n) is 7.79. The van der Waals surface area contributed by atoms with Crippen molar-refractivity contribution in [2.24, 2.45) is 11.5 Å². The average molecular weight is 399 g/mol. The van der Waals surface area contributed by atoms with E-state index in [0.29, 0.717) is 19.3 Å². The van der Waals surface area contributed by atoms with E-state index in [2.05, 4.69) is 0 Å². The van der Waals surface area contributed by atoms with Crippen molar-refractivity contribution in [1.82, 2.24) is 0 Å². The smallest absolute Gasteiger partial charge is 0.326 e. The zero-order valence-electron chi connectivity index (χ0n) is 17.1. The van der Waals surface area contributed by atoms with Crippen LogP contribution in [0.2, 0.25) is 0 Å². The maximum atomic E-state index is 12.3. The van der Waals surface area contributed by atoms with Crippen LogP contribution in [0.1, 0.15) is 31.4 Å². The highest BCUT2D eigenvalue weighted by atomic mass is 16.5. The van der Waals surface area contributed by atoms with E-state index < -0.39 is 23.0 Å². The fourth-order valence-electron chi connectivity index (χ4n) is 2.90. The van der Waals surface area contributed by atoms with Gasteiger partial charge in [0.05, 0.1) is 13.2 Å². The first-order valence-corrected chi connectivity index (χ1v) is 9.71. The van der Waals surface area contributed by atoms with Gasteiger partial charge in [0.25, 0.3) is 0 Å². The molecule has 2 rings (SSSR count). The molecule has 0 heterocycles. The van der Waals surface area contributed by atoms with Crippen LogP contribution in [0.15, 0.2) is 60.7 Å². The Balaban J connectivity index is 1.70. The van der Waals surface area contributed by atoms with Gasteiger partial charge in [-0.05, 0) is 25.0 Å². The van der Waals surface area contributed by atoms with Crippen LogP contribution >= 0.6 is 0 Å². The van der Waals surface area contributed by atoms with Crippen molar-refractivity contribution in [2.75, 3.05) is 13.2 Å². The summed E-state index contributed by atoms with van der Waals surface area (Å²) in [4.78, 5) is 24.5. The maximum absolute atomic E-state index is 12.3. The topological polar surface area (TPSA) is 105 Å². The molecule has 0 aliphatic heterocycles. The Labute approximate surface area is 172 Å². The van der Waals surface area contributed by atoms with Gasteiger partial charge in [0.1, 0.15) is 11.1 Å². The zero-order valence-corrected chi connectivity index (χ0v) is 17.1. The van der Waals surface area contributed by atoms with Crippen LogP contribution in [0.3, 0.4) is 0 Å². The molecule has 0 aliphatic carbocycles. The summed E-state index contributed by atoms with van der Waals surface area (Å²) in [7, 11) is 0. The fraction of sp³-hybridized carbons (Fsp3) is 0.391. The average Bonchev–Trinajstić information content (AvgIpc) is 2.68. The van der Waals surface area contributed by atoms with Crippen molar-refractivity contribution >= 4 is 11.9 Å². The molecular formula is C23H30N2O4. The normalized spacial score (nSPS) is 15.0. The van der Waals surface area contributed by atoms with E-state index in [1.807, 2.05) is 60.7 Å². The van der Waals surface area contributed by atoms with Gasteiger partial charge in [-0.1, -0.05) is 60.7 Å². The van der Waals surface area contributed by atoms with Crippen LogP contribution in [0.25, 0.3) is 0 Å². The van der Waals surface area contributed by atoms with Gasteiger partial charge in [0, 0.05) is 19.3 Å². The number of benzene rings is 2. The molecule has 0 aliphatic rings. The molecule has 0 spiro atoms. The van der Waals surface area contributed by atoms with E-state index in [1.54, 1.807) is 13.8 Å². The van der Waals surface area contributed by atoms with Crippen LogP contribution in [0.5, 0.6) is 0 Å². The summed E-state index contributed by atoms with van der Waals surface area (Å²) in [6.45, 7) is 3.53. The van der Waals surface area contributed by atoms with Crippen LogP contribution in [-0.2, 0) is 31.9 Å². The molecule has 0 aromatic heterocycles. The van der Waals surface area contributed by atoms with Crippen molar-refractivity contribution in [2.45, 2.75) is 44.2 Å². The summed E-state index contributed by atoms with van der Waals surface area (Å²) in [6, 6.07) is 19.1. The summed E-state index contributed by atoms with van der Waals surface area (Å²) in [6.07, 6.45) is 1.14. The standard InChI is InChI=1S/C23H30N2O4/c1-22(24,16-18-10-5-3-6-11-18)20(26)28-14-9-15-29-21(27)23(2,25)17-19-12-7-4-8-13-19/h3-8,10-13H,9,14-17,24-25H2,1-2H3/t22-,23-/m0/s1. The number of nitrogens with two attached hydrogens (primary N) is 2. The first-order chi connectivity index (χ1) is 13.7. The number of carbonyl (C=O) groups is 2. The number of carbonyl (C=O) groups excluding carboxylic acids is 2. The molecule has 4 N–H and O–H groups in total. The van der Waals surface area contributed by atoms with Gasteiger partial charge in [-0.25, -0.2) is 0 Å². The van der Waals surface area contributed by atoms with E-state index >= 15 is 0 Å². The predicted molar refractivity (Wildman–Crippen MR) is 112 cm³/mol. The quantitative estimate of drug-likeness (QED) is 0.470. The Hall–Kier alpha value is -2.70. The minimum Gasteiger partial charge on any atom is -0.464 e. The van der Waals surface area contributed by atoms with Crippen LogP contribution in [0.4, 0.5) is 0 Å². The Morgan fingerprint density at radius 1 is 0.724 bits per heavy atom. The van der Waals surface area contributed by atoms with Crippen LogP contribution in [-0.4, -0.2) is 36.2 Å². The monoisotopic (exact) mass is 398 g/mol. The lowest BCUT2D eigenvalue weighted by molar-refractivity contribution is -0.152. The number of rotatable bonds is 10. The molecule has 2 atom stereocenters. The molecular weight excluding hydrogens is 368 g/mol. The van der Waals surface area contributed by atoms with Gasteiger partial charge >= 0.3 is 11.9 Å². The lowest BCUT2D eigenvalue weighted by atomic mass is 9.94. The molecule has 29 heavy (non-hydrogen) atoms. The van der Waals surface area contributed by atoms with Gasteiger partial charge < -0.3 is 20.9 Å². The third-order valence-electron chi connectivity index (χ3n) is 4.52. The number of esters is 2. The number of hydrogen-bond donors (Lipinski definition) is 2. The lowest BCUT2D eigenvalue weighted by Crippen LogP contribution is -2.48. The van der Waals surface area contributed by atoms with Crippen LogP contribution < -0.4 is 11.5 Å². The summed E-state index contributed by atoms with van der Waals surface area (Å²) < 4.78 is 10.5. The Kier molecular flexibility index (Phi) is 7.93. The van der Waals surface area contributed by atoms with E-state index in [-0.39, 0.29) is 13.2 Å². The zero-order chi connectivity index (χ0) is 21.3. The van der Waals surface area contributed by atoms with E-state index in [1.165, 1.54) is 0 Å². The molecule has 0 saturated carbocycles. The lowest BCUT2D eigenvalue weighted by Gasteiger charge is -2.23. The first kappa shape index (κ1) is 22.6. The van der Waals surface area contributed by atoms with E-state index in [9.17, 15) is 9.59 Å². The molecule has 0 bridgehead atoms. The highest BCUT2D eigenvalue weighted by Gasteiger charge is 2.31. The van der Waals surface area contributed by atoms with Crippen molar-refractivity contribution in [1.29, 1.82) is 0 Å². The second kappa shape index (κ2) is 10.2. The minimum atomic E-state index is -1.12. The van der Waals surface area contributed by atoms with Crippen molar-refractivity contribution < 1.29 is 19.1 Å². The largest absolute Gasteiger partial charge is 0.464 e. The SMILES string of the molecule is C[C@](N)(Cc1ccccc1)C(=O)OCCCOC(=O)[C@@](C)(N)Cc1ccccc1. The summed E-state index contributed by atoms with van der Waals surface area (Å²) >= 11 is 0. The van der Waals surface area contributed by atoms with Crippen molar-refractivity contribution in [3.8, 4) is 0 Å². The minimum absolute atomic E-state index is 0.119.